The highest BCUT2D eigenvalue weighted by atomic mass is 16.5. The molecular weight excluding hydrogens is 174 g/mol. The predicted molar refractivity (Wildman–Crippen MR) is 60.3 cm³/mol. The molecule has 0 saturated carbocycles. The largest absolute Gasteiger partial charge is 0.494 e. The van der Waals surface area contributed by atoms with Crippen LogP contribution < -0.4 is 10.5 Å². The lowest BCUT2D eigenvalue weighted by molar-refractivity contribution is 0.317. The van der Waals surface area contributed by atoms with E-state index >= 15 is 0 Å². The van der Waals surface area contributed by atoms with Gasteiger partial charge in [0.05, 0.1) is 6.61 Å². The highest BCUT2D eigenvalue weighted by molar-refractivity contribution is 5.50. The van der Waals surface area contributed by atoms with E-state index in [9.17, 15) is 0 Å². The fraction of sp³-hybridized carbons (Fsp3) is 0.333. The van der Waals surface area contributed by atoms with Gasteiger partial charge in [0.1, 0.15) is 5.75 Å². The molecule has 2 N–H and O–H groups in total. The molecule has 2 heteroatoms. The van der Waals surface area contributed by atoms with Crippen molar-refractivity contribution in [2.45, 2.75) is 13.3 Å². The zero-order chi connectivity index (χ0) is 10.2. The summed E-state index contributed by atoms with van der Waals surface area (Å²) in [6.45, 7) is 3.45. The maximum absolute atomic E-state index is 5.47. The van der Waals surface area contributed by atoms with E-state index in [4.69, 9.17) is 10.5 Å². The zero-order valence-corrected chi connectivity index (χ0v) is 8.57. The van der Waals surface area contributed by atoms with Crippen LogP contribution in [0.15, 0.2) is 30.3 Å². The molecule has 0 radical (unpaired) electrons. The SMILES string of the molecule is CCCOc1ccc(C=CCN)cc1. The predicted octanol–water partition coefficient (Wildman–Crippen LogP) is 2.45. The van der Waals surface area contributed by atoms with Gasteiger partial charge in [-0.05, 0) is 24.1 Å². The molecule has 0 amide bonds. The minimum Gasteiger partial charge on any atom is -0.494 e. The van der Waals surface area contributed by atoms with Crippen LogP contribution in [0.25, 0.3) is 6.08 Å². The van der Waals surface area contributed by atoms with Crippen LogP contribution in [0.3, 0.4) is 0 Å². The van der Waals surface area contributed by atoms with Crippen LogP contribution >= 0.6 is 0 Å². The first kappa shape index (κ1) is 10.8. The molecule has 1 aromatic rings. The first-order valence-corrected chi connectivity index (χ1v) is 4.96. The summed E-state index contributed by atoms with van der Waals surface area (Å²) in [5.41, 5.74) is 6.51. The average Bonchev–Trinajstić information content (AvgIpc) is 2.25. The molecule has 1 rings (SSSR count). The van der Waals surface area contributed by atoms with Crippen molar-refractivity contribution in [2.24, 2.45) is 5.73 Å². The molecule has 0 atom stereocenters. The molecular formula is C12H17NO. The van der Waals surface area contributed by atoms with Gasteiger partial charge >= 0.3 is 0 Å². The molecule has 2 nitrogen and oxygen atoms in total. The van der Waals surface area contributed by atoms with Crippen LogP contribution in [-0.4, -0.2) is 13.2 Å². The summed E-state index contributed by atoms with van der Waals surface area (Å²) in [6, 6.07) is 8.01. The number of ether oxygens (including phenoxy) is 1. The third-order valence-electron chi connectivity index (χ3n) is 1.80. The Balaban J connectivity index is 2.54. The quantitative estimate of drug-likeness (QED) is 0.775. The molecule has 76 valence electrons. The molecule has 0 aliphatic carbocycles. The topological polar surface area (TPSA) is 35.2 Å². The van der Waals surface area contributed by atoms with Crippen molar-refractivity contribution < 1.29 is 4.74 Å². The van der Waals surface area contributed by atoms with Crippen LogP contribution in [0.4, 0.5) is 0 Å². The lowest BCUT2D eigenvalue weighted by Gasteiger charge is -2.03. The Labute approximate surface area is 85.4 Å². The summed E-state index contributed by atoms with van der Waals surface area (Å²) in [7, 11) is 0. The van der Waals surface area contributed by atoms with Crippen LogP contribution in [0.2, 0.25) is 0 Å². The Morgan fingerprint density at radius 3 is 2.57 bits per heavy atom. The number of hydrogen-bond donors (Lipinski definition) is 1. The lowest BCUT2D eigenvalue weighted by atomic mass is 10.2. The first-order valence-electron chi connectivity index (χ1n) is 4.96. The van der Waals surface area contributed by atoms with E-state index < -0.39 is 0 Å². The minimum absolute atomic E-state index is 0.577. The van der Waals surface area contributed by atoms with Gasteiger partial charge in [-0.3, -0.25) is 0 Å². The molecule has 0 fully saturated rings. The Bertz CT molecular complexity index is 277. The number of benzene rings is 1. The smallest absolute Gasteiger partial charge is 0.119 e. The molecule has 0 aliphatic heterocycles. The van der Waals surface area contributed by atoms with Gasteiger partial charge in [-0.15, -0.1) is 0 Å². The van der Waals surface area contributed by atoms with Gasteiger partial charge in [-0.25, -0.2) is 0 Å². The molecule has 0 heterocycles. The highest BCUT2D eigenvalue weighted by Gasteiger charge is 1.91. The van der Waals surface area contributed by atoms with Crippen LogP contribution in [0.5, 0.6) is 5.75 Å². The van der Waals surface area contributed by atoms with Crippen molar-refractivity contribution in [1.29, 1.82) is 0 Å². The Morgan fingerprint density at radius 2 is 2.00 bits per heavy atom. The summed E-state index contributed by atoms with van der Waals surface area (Å²) in [5.74, 6) is 0.928. The molecule has 0 bridgehead atoms. The van der Waals surface area contributed by atoms with Gasteiger partial charge < -0.3 is 10.5 Å². The van der Waals surface area contributed by atoms with Gasteiger partial charge in [0.2, 0.25) is 0 Å². The van der Waals surface area contributed by atoms with E-state index in [0.29, 0.717) is 6.54 Å². The summed E-state index contributed by atoms with van der Waals surface area (Å²) >= 11 is 0. The molecule has 0 unspecified atom stereocenters. The van der Waals surface area contributed by atoms with Gasteiger partial charge in [-0.2, -0.15) is 0 Å². The maximum Gasteiger partial charge on any atom is 0.119 e. The van der Waals surface area contributed by atoms with Gasteiger partial charge in [0.25, 0.3) is 0 Å². The van der Waals surface area contributed by atoms with E-state index in [-0.39, 0.29) is 0 Å². The summed E-state index contributed by atoms with van der Waals surface area (Å²) in [6.07, 6.45) is 4.97. The van der Waals surface area contributed by atoms with E-state index in [2.05, 4.69) is 6.92 Å². The number of nitrogens with two attached hydrogens (primary N) is 1. The number of rotatable bonds is 5. The van der Waals surface area contributed by atoms with E-state index in [1.165, 1.54) is 0 Å². The Kier molecular flexibility index (Phi) is 4.79. The Hall–Kier alpha value is -1.28. The fourth-order valence-electron chi connectivity index (χ4n) is 1.10. The van der Waals surface area contributed by atoms with Gasteiger partial charge in [0, 0.05) is 6.54 Å². The second kappa shape index (κ2) is 6.22. The second-order valence-electron chi connectivity index (χ2n) is 3.06. The van der Waals surface area contributed by atoms with E-state index in [1.807, 2.05) is 36.4 Å². The van der Waals surface area contributed by atoms with Crippen molar-refractivity contribution in [2.75, 3.05) is 13.2 Å². The van der Waals surface area contributed by atoms with Crippen molar-refractivity contribution in [3.05, 3.63) is 35.9 Å². The number of hydrogen-bond acceptors (Lipinski definition) is 2. The molecule has 0 aromatic heterocycles. The van der Waals surface area contributed by atoms with Gasteiger partial charge in [-0.1, -0.05) is 31.2 Å². The summed E-state index contributed by atoms with van der Waals surface area (Å²) in [4.78, 5) is 0. The minimum atomic E-state index is 0.577. The Morgan fingerprint density at radius 1 is 1.29 bits per heavy atom. The van der Waals surface area contributed by atoms with Crippen molar-refractivity contribution in [3.8, 4) is 5.75 Å². The second-order valence-corrected chi connectivity index (χ2v) is 3.06. The molecule has 14 heavy (non-hydrogen) atoms. The molecule has 0 saturated heterocycles. The van der Waals surface area contributed by atoms with Crippen molar-refractivity contribution in [3.63, 3.8) is 0 Å². The van der Waals surface area contributed by atoms with Crippen LogP contribution in [-0.2, 0) is 0 Å². The first-order chi connectivity index (χ1) is 6.86. The monoisotopic (exact) mass is 191 g/mol. The normalized spacial score (nSPS) is 10.7. The third kappa shape index (κ3) is 3.62. The summed E-state index contributed by atoms with van der Waals surface area (Å²) < 4.78 is 5.47. The van der Waals surface area contributed by atoms with E-state index in [1.54, 1.807) is 0 Å². The van der Waals surface area contributed by atoms with Crippen LogP contribution in [0.1, 0.15) is 18.9 Å². The van der Waals surface area contributed by atoms with Crippen molar-refractivity contribution in [1.82, 2.24) is 0 Å². The standard InChI is InChI=1S/C12H17NO/c1-2-10-14-12-7-5-11(6-8-12)4-3-9-13/h3-8H,2,9-10,13H2,1H3. The maximum atomic E-state index is 5.47. The molecule has 0 aliphatic rings. The average molecular weight is 191 g/mol. The highest BCUT2D eigenvalue weighted by Crippen LogP contribution is 2.13. The van der Waals surface area contributed by atoms with Gasteiger partial charge in [0.15, 0.2) is 0 Å². The molecule has 1 aromatic carbocycles. The van der Waals surface area contributed by atoms with Crippen LogP contribution in [0, 0.1) is 0 Å². The zero-order valence-electron chi connectivity index (χ0n) is 8.57. The van der Waals surface area contributed by atoms with E-state index in [0.717, 1.165) is 24.3 Å². The fourth-order valence-corrected chi connectivity index (χ4v) is 1.10. The lowest BCUT2D eigenvalue weighted by Crippen LogP contribution is -1.94. The third-order valence-corrected chi connectivity index (χ3v) is 1.80. The summed E-state index contributed by atoms with van der Waals surface area (Å²) in [5, 5.41) is 0. The van der Waals surface area contributed by atoms with Crippen molar-refractivity contribution >= 4 is 6.08 Å². The molecule has 0 spiro atoms.